The minimum atomic E-state index is -1.70. The molecule has 0 bridgehead atoms. The van der Waals surface area contributed by atoms with E-state index in [0.29, 0.717) is 0 Å². The number of halogens is 1. The molecule has 4 atom stereocenters. The van der Waals surface area contributed by atoms with Gasteiger partial charge in [-0.1, -0.05) is 6.92 Å². The zero-order chi connectivity index (χ0) is 14.2. The molecule has 0 spiro atoms. The molecule has 2 unspecified atom stereocenters. The number of nitrogens with zero attached hydrogens (tertiary/aromatic N) is 1. The Labute approximate surface area is 107 Å². The highest BCUT2D eigenvalue weighted by molar-refractivity contribution is 5.00. The molecule has 0 aliphatic carbocycles. The normalized spacial score (nSPS) is 34.6. The van der Waals surface area contributed by atoms with Gasteiger partial charge in [0.05, 0.1) is 24.7 Å². The van der Waals surface area contributed by atoms with E-state index in [0.717, 1.165) is 16.8 Å². The molecular formula is C11H15FN2O5. The van der Waals surface area contributed by atoms with Crippen molar-refractivity contribution >= 4 is 0 Å². The van der Waals surface area contributed by atoms with Gasteiger partial charge in [0.15, 0.2) is 12.4 Å². The van der Waals surface area contributed by atoms with Crippen LogP contribution in [0.1, 0.15) is 13.2 Å². The van der Waals surface area contributed by atoms with E-state index in [1.807, 2.05) is 4.98 Å². The monoisotopic (exact) mass is 274 g/mol. The van der Waals surface area contributed by atoms with Gasteiger partial charge in [0.1, 0.15) is 0 Å². The Bertz CT molecular complexity index is 571. The molecular weight excluding hydrogens is 259 g/mol. The lowest BCUT2D eigenvalue weighted by atomic mass is 9.82. The summed E-state index contributed by atoms with van der Waals surface area (Å²) < 4.78 is 20.6. The molecule has 106 valence electrons. The van der Waals surface area contributed by atoms with Gasteiger partial charge < -0.3 is 14.9 Å². The Hall–Kier alpha value is -1.51. The van der Waals surface area contributed by atoms with Gasteiger partial charge in [0, 0.05) is 12.3 Å². The third-order valence-corrected chi connectivity index (χ3v) is 3.55. The second-order valence-electron chi connectivity index (χ2n) is 4.78. The summed E-state index contributed by atoms with van der Waals surface area (Å²) in [4.78, 5) is 24.6. The number of aromatic amines is 1. The lowest BCUT2D eigenvalue weighted by molar-refractivity contribution is -0.0550. The molecule has 0 amide bonds. The number of rotatable bonds is 3. The van der Waals surface area contributed by atoms with Crippen LogP contribution < -0.4 is 11.2 Å². The van der Waals surface area contributed by atoms with Crippen molar-refractivity contribution in [3.63, 3.8) is 0 Å². The highest BCUT2D eigenvalue weighted by Gasteiger charge is 2.54. The van der Waals surface area contributed by atoms with E-state index >= 15 is 0 Å². The fourth-order valence-corrected chi connectivity index (χ4v) is 2.17. The van der Waals surface area contributed by atoms with Crippen LogP contribution in [-0.4, -0.2) is 45.3 Å². The van der Waals surface area contributed by atoms with Crippen molar-refractivity contribution in [1.82, 2.24) is 9.55 Å². The van der Waals surface area contributed by atoms with Crippen molar-refractivity contribution < 1.29 is 19.3 Å². The van der Waals surface area contributed by atoms with Gasteiger partial charge in [0.25, 0.3) is 5.56 Å². The van der Waals surface area contributed by atoms with Gasteiger partial charge in [-0.15, -0.1) is 0 Å². The number of nitrogens with one attached hydrogen (secondary N) is 1. The topological polar surface area (TPSA) is 105 Å². The molecule has 0 aromatic carbocycles. The van der Waals surface area contributed by atoms with Crippen LogP contribution in [0.2, 0.25) is 0 Å². The molecule has 1 aliphatic rings. The summed E-state index contributed by atoms with van der Waals surface area (Å²) in [6.07, 6.45) is -2.80. The van der Waals surface area contributed by atoms with Crippen LogP contribution in [0.25, 0.3) is 0 Å². The molecule has 1 aliphatic heterocycles. The number of H-pyrrole nitrogens is 1. The first-order valence-electron chi connectivity index (χ1n) is 5.76. The summed E-state index contributed by atoms with van der Waals surface area (Å²) in [6.45, 7) is 0.412. The van der Waals surface area contributed by atoms with Gasteiger partial charge in [-0.3, -0.25) is 14.3 Å². The summed E-state index contributed by atoms with van der Waals surface area (Å²) in [6, 6.07) is 1.07. The minimum absolute atomic E-state index is 0.480. The van der Waals surface area contributed by atoms with Gasteiger partial charge in [0.2, 0.25) is 0 Å². The van der Waals surface area contributed by atoms with Crippen LogP contribution in [-0.2, 0) is 4.74 Å². The van der Waals surface area contributed by atoms with Gasteiger partial charge in [-0.25, -0.2) is 9.18 Å². The van der Waals surface area contributed by atoms with Crippen molar-refractivity contribution in [3.05, 3.63) is 33.1 Å². The van der Waals surface area contributed by atoms with Crippen LogP contribution in [0.5, 0.6) is 0 Å². The van der Waals surface area contributed by atoms with E-state index in [4.69, 9.17) is 4.74 Å². The summed E-state index contributed by atoms with van der Waals surface area (Å²) >= 11 is 0. The zero-order valence-electron chi connectivity index (χ0n) is 10.2. The lowest BCUT2D eigenvalue weighted by Gasteiger charge is -2.27. The van der Waals surface area contributed by atoms with Crippen LogP contribution in [0.4, 0.5) is 4.39 Å². The second-order valence-corrected chi connectivity index (χ2v) is 4.78. The van der Waals surface area contributed by atoms with Gasteiger partial charge in [-0.05, 0) is 0 Å². The number of ether oxygens (including phenoxy) is 1. The smallest absolute Gasteiger partial charge is 0.330 e. The lowest BCUT2D eigenvalue weighted by Crippen LogP contribution is -2.41. The highest BCUT2D eigenvalue weighted by Crippen LogP contribution is 2.44. The molecule has 8 heteroatoms. The Kier molecular flexibility index (Phi) is 3.57. The number of aliphatic hydroxyl groups is 2. The number of hydrogen-bond acceptors (Lipinski definition) is 5. The maximum atomic E-state index is 14.4. The van der Waals surface area contributed by atoms with Gasteiger partial charge >= 0.3 is 5.69 Å². The predicted molar refractivity (Wildman–Crippen MR) is 62.4 cm³/mol. The standard InChI is InChI=1S/C11H15FN2O5/c1-11(5-16)6(4-15)19-9(8(11)12)14-3-2-7(17)13-10(14)18/h2-3,6,8-9,15-16H,4-5H2,1H3,(H,13,17,18)/t6-,8?,9-,11?/m1/s1. The highest BCUT2D eigenvalue weighted by atomic mass is 19.1. The fraction of sp³-hybridized carbons (Fsp3) is 0.636. The molecule has 7 nitrogen and oxygen atoms in total. The zero-order valence-corrected chi connectivity index (χ0v) is 10.2. The van der Waals surface area contributed by atoms with E-state index < -0.39 is 48.4 Å². The number of aromatic nitrogens is 2. The molecule has 1 aromatic rings. The van der Waals surface area contributed by atoms with Crippen molar-refractivity contribution in [3.8, 4) is 0 Å². The molecule has 1 aromatic heterocycles. The first-order chi connectivity index (χ1) is 8.93. The summed E-state index contributed by atoms with van der Waals surface area (Å²) in [5, 5.41) is 18.5. The van der Waals surface area contributed by atoms with Crippen molar-refractivity contribution in [1.29, 1.82) is 0 Å². The summed E-state index contributed by atoms with van der Waals surface area (Å²) in [5.41, 5.74) is -2.72. The quantitative estimate of drug-likeness (QED) is 0.639. The Balaban J connectivity index is 2.42. The molecule has 2 rings (SSSR count). The SMILES string of the molecule is CC1(CO)C(F)[C@H](n2ccc(=O)[nH]c2=O)O[C@@H]1CO. The van der Waals surface area contributed by atoms with E-state index in [9.17, 15) is 24.2 Å². The third kappa shape index (κ3) is 2.11. The minimum Gasteiger partial charge on any atom is -0.396 e. The van der Waals surface area contributed by atoms with Crippen LogP contribution in [0.15, 0.2) is 21.9 Å². The number of hydrogen-bond donors (Lipinski definition) is 3. The maximum absolute atomic E-state index is 14.4. The molecule has 1 fully saturated rings. The number of alkyl halides is 1. The molecule has 2 heterocycles. The Morgan fingerprint density at radius 1 is 1.53 bits per heavy atom. The van der Waals surface area contributed by atoms with Crippen molar-refractivity contribution in [2.24, 2.45) is 5.41 Å². The summed E-state index contributed by atoms with van der Waals surface area (Å²) in [7, 11) is 0. The second kappa shape index (κ2) is 4.87. The Morgan fingerprint density at radius 2 is 2.21 bits per heavy atom. The molecule has 1 saturated heterocycles. The Morgan fingerprint density at radius 3 is 2.68 bits per heavy atom. The van der Waals surface area contributed by atoms with Crippen molar-refractivity contribution in [2.45, 2.75) is 25.4 Å². The third-order valence-electron chi connectivity index (χ3n) is 3.55. The van der Waals surface area contributed by atoms with E-state index in [-0.39, 0.29) is 0 Å². The maximum Gasteiger partial charge on any atom is 0.330 e. The van der Waals surface area contributed by atoms with E-state index in [2.05, 4.69) is 0 Å². The average Bonchev–Trinajstić information content (AvgIpc) is 2.63. The van der Waals surface area contributed by atoms with Gasteiger partial charge in [-0.2, -0.15) is 0 Å². The van der Waals surface area contributed by atoms with Crippen LogP contribution in [0, 0.1) is 5.41 Å². The fourth-order valence-electron chi connectivity index (χ4n) is 2.17. The predicted octanol–water partition coefficient (Wildman–Crippen LogP) is -1.24. The van der Waals surface area contributed by atoms with E-state index in [1.54, 1.807) is 0 Å². The van der Waals surface area contributed by atoms with E-state index in [1.165, 1.54) is 6.92 Å². The van der Waals surface area contributed by atoms with Crippen molar-refractivity contribution in [2.75, 3.05) is 13.2 Å². The molecule has 3 N–H and O–H groups in total. The van der Waals surface area contributed by atoms with Crippen LogP contribution >= 0.6 is 0 Å². The first-order valence-corrected chi connectivity index (χ1v) is 5.76. The largest absolute Gasteiger partial charge is 0.396 e. The molecule has 0 saturated carbocycles. The average molecular weight is 274 g/mol. The number of aliphatic hydroxyl groups excluding tert-OH is 2. The van der Waals surface area contributed by atoms with Crippen LogP contribution in [0.3, 0.4) is 0 Å². The summed E-state index contributed by atoms with van der Waals surface area (Å²) in [5.74, 6) is 0. The first kappa shape index (κ1) is 13.9. The molecule has 0 radical (unpaired) electrons. The molecule has 19 heavy (non-hydrogen) atoms.